The van der Waals surface area contributed by atoms with Gasteiger partial charge in [0.2, 0.25) is 0 Å². The highest BCUT2D eigenvalue weighted by Crippen LogP contribution is 2.53. The first-order chi connectivity index (χ1) is 12.8. The van der Waals surface area contributed by atoms with Crippen molar-refractivity contribution in [3.05, 3.63) is 35.9 Å². The Morgan fingerprint density at radius 1 is 1.15 bits per heavy atom. The van der Waals surface area contributed by atoms with Crippen molar-refractivity contribution in [2.45, 2.75) is 44.4 Å². The second kappa shape index (κ2) is 7.82. The van der Waals surface area contributed by atoms with Crippen molar-refractivity contribution in [3.8, 4) is 0 Å². The van der Waals surface area contributed by atoms with E-state index in [-0.39, 0.29) is 12.6 Å². The standard InChI is InChI=1S/C20H26F2N2O3/c21-20(22,12-15-4-2-1-3-5-15)13-16(17(25)26)14-23-18(27)24-10-8-19(6-7-19)9-11-24/h1-5,16H,6-14H2,(H,23,27)(H,25,26)/t16-/m0/s1. The van der Waals surface area contributed by atoms with Crippen LogP contribution in [0, 0.1) is 11.3 Å². The Kier molecular flexibility index (Phi) is 5.67. The van der Waals surface area contributed by atoms with E-state index >= 15 is 0 Å². The molecule has 5 nitrogen and oxygen atoms in total. The highest BCUT2D eigenvalue weighted by Gasteiger charge is 2.45. The van der Waals surface area contributed by atoms with E-state index < -0.39 is 30.7 Å². The quantitative estimate of drug-likeness (QED) is 0.760. The number of hydrogen-bond acceptors (Lipinski definition) is 2. The molecule has 3 rings (SSSR count). The summed E-state index contributed by atoms with van der Waals surface area (Å²) in [5.74, 6) is -5.80. The summed E-state index contributed by atoms with van der Waals surface area (Å²) < 4.78 is 28.6. The maximum atomic E-state index is 14.3. The maximum Gasteiger partial charge on any atom is 0.317 e. The van der Waals surface area contributed by atoms with Crippen molar-refractivity contribution in [2.75, 3.05) is 19.6 Å². The summed E-state index contributed by atoms with van der Waals surface area (Å²) in [6, 6.07) is 7.91. The first-order valence-corrected chi connectivity index (χ1v) is 9.46. The van der Waals surface area contributed by atoms with Crippen LogP contribution in [0.1, 0.15) is 37.7 Å². The highest BCUT2D eigenvalue weighted by atomic mass is 19.3. The fraction of sp³-hybridized carbons (Fsp3) is 0.600. The number of alkyl halides is 2. The van der Waals surface area contributed by atoms with Crippen LogP contribution in [-0.2, 0) is 11.2 Å². The Morgan fingerprint density at radius 2 is 1.78 bits per heavy atom. The Morgan fingerprint density at radius 3 is 2.33 bits per heavy atom. The summed E-state index contributed by atoms with van der Waals surface area (Å²) in [6.07, 6.45) is 3.07. The number of carboxylic acids is 1. The smallest absolute Gasteiger partial charge is 0.317 e. The minimum absolute atomic E-state index is 0.291. The zero-order chi connectivity index (χ0) is 19.5. The van der Waals surface area contributed by atoms with E-state index in [0.717, 1.165) is 12.8 Å². The molecule has 27 heavy (non-hydrogen) atoms. The van der Waals surface area contributed by atoms with Crippen LogP contribution >= 0.6 is 0 Å². The summed E-state index contributed by atoms with van der Waals surface area (Å²) in [7, 11) is 0. The number of carbonyl (C=O) groups is 2. The van der Waals surface area contributed by atoms with Gasteiger partial charge in [-0.3, -0.25) is 4.79 Å². The highest BCUT2D eigenvalue weighted by molar-refractivity contribution is 5.76. The number of hydrogen-bond donors (Lipinski definition) is 2. The van der Waals surface area contributed by atoms with Gasteiger partial charge in [-0.2, -0.15) is 0 Å². The Labute approximate surface area is 157 Å². The number of benzene rings is 1. The van der Waals surface area contributed by atoms with Crippen LogP contribution in [0.5, 0.6) is 0 Å². The molecular weight excluding hydrogens is 354 g/mol. The van der Waals surface area contributed by atoms with Crippen LogP contribution < -0.4 is 5.32 Å². The molecule has 1 aromatic rings. The number of piperidine rings is 1. The van der Waals surface area contributed by atoms with E-state index in [0.29, 0.717) is 24.1 Å². The lowest BCUT2D eigenvalue weighted by molar-refractivity contribution is -0.145. The van der Waals surface area contributed by atoms with Gasteiger partial charge in [0, 0.05) is 32.5 Å². The van der Waals surface area contributed by atoms with E-state index in [2.05, 4.69) is 5.32 Å². The molecule has 2 N–H and O–H groups in total. The Bertz CT molecular complexity index is 667. The van der Waals surface area contributed by atoms with E-state index in [1.165, 1.54) is 12.8 Å². The predicted octanol–water partition coefficient (Wildman–Crippen LogP) is 3.54. The van der Waals surface area contributed by atoms with E-state index in [4.69, 9.17) is 0 Å². The molecule has 7 heteroatoms. The fourth-order valence-corrected chi connectivity index (χ4v) is 3.76. The minimum atomic E-state index is -3.15. The zero-order valence-electron chi connectivity index (χ0n) is 15.3. The second-order valence-electron chi connectivity index (χ2n) is 7.93. The maximum absolute atomic E-state index is 14.3. The monoisotopic (exact) mass is 380 g/mol. The number of carbonyl (C=O) groups excluding carboxylic acids is 1. The molecule has 1 aliphatic carbocycles. The van der Waals surface area contributed by atoms with Crippen molar-refractivity contribution in [3.63, 3.8) is 0 Å². The number of amides is 2. The van der Waals surface area contributed by atoms with Gasteiger partial charge in [-0.25, -0.2) is 13.6 Å². The number of urea groups is 1. The van der Waals surface area contributed by atoms with Crippen LogP contribution in [-0.4, -0.2) is 47.6 Å². The number of carboxylic acid groups (broad SMARTS) is 1. The van der Waals surface area contributed by atoms with Crippen LogP contribution in [0.4, 0.5) is 13.6 Å². The van der Waals surface area contributed by atoms with E-state index in [1.54, 1.807) is 35.2 Å². The topological polar surface area (TPSA) is 69.6 Å². The van der Waals surface area contributed by atoms with Gasteiger partial charge < -0.3 is 15.3 Å². The van der Waals surface area contributed by atoms with Crippen LogP contribution in [0.2, 0.25) is 0 Å². The lowest BCUT2D eigenvalue weighted by Gasteiger charge is -2.32. The molecule has 0 unspecified atom stereocenters. The third kappa shape index (κ3) is 5.40. The number of nitrogens with zero attached hydrogens (tertiary/aromatic N) is 1. The molecule has 1 aromatic carbocycles. The van der Waals surface area contributed by atoms with Crippen molar-refractivity contribution in [1.29, 1.82) is 0 Å². The first-order valence-electron chi connectivity index (χ1n) is 9.46. The van der Waals surface area contributed by atoms with Crippen molar-refractivity contribution in [2.24, 2.45) is 11.3 Å². The summed E-state index contributed by atoms with van der Waals surface area (Å²) in [5, 5.41) is 11.8. The number of nitrogens with one attached hydrogen (secondary N) is 1. The average Bonchev–Trinajstić information content (AvgIpc) is 3.38. The lowest BCUT2D eigenvalue weighted by Crippen LogP contribution is -2.47. The third-order valence-electron chi connectivity index (χ3n) is 5.77. The molecule has 1 saturated carbocycles. The molecule has 2 amide bonds. The average molecular weight is 380 g/mol. The molecule has 0 bridgehead atoms. The molecular formula is C20H26F2N2O3. The number of likely N-dealkylation sites (tertiary alicyclic amines) is 1. The molecule has 0 aromatic heterocycles. The molecule has 0 radical (unpaired) electrons. The molecule has 1 spiro atoms. The number of halogens is 2. The third-order valence-corrected chi connectivity index (χ3v) is 5.77. The molecule has 2 aliphatic rings. The van der Waals surface area contributed by atoms with Crippen molar-refractivity contribution >= 4 is 12.0 Å². The normalized spacial score (nSPS) is 19.6. The summed E-state index contributed by atoms with van der Waals surface area (Å²) >= 11 is 0. The van der Waals surface area contributed by atoms with E-state index in [9.17, 15) is 23.5 Å². The van der Waals surface area contributed by atoms with Crippen molar-refractivity contribution in [1.82, 2.24) is 10.2 Å². The minimum Gasteiger partial charge on any atom is -0.481 e. The largest absolute Gasteiger partial charge is 0.481 e. The molecule has 1 aliphatic heterocycles. The van der Waals surface area contributed by atoms with Gasteiger partial charge in [-0.05, 0) is 36.7 Å². The van der Waals surface area contributed by atoms with Gasteiger partial charge in [-0.1, -0.05) is 30.3 Å². The van der Waals surface area contributed by atoms with Crippen LogP contribution in [0.25, 0.3) is 0 Å². The Hall–Kier alpha value is -2.18. The van der Waals surface area contributed by atoms with Gasteiger partial charge in [0.1, 0.15) is 0 Å². The molecule has 1 saturated heterocycles. The predicted molar refractivity (Wildman–Crippen MR) is 96.7 cm³/mol. The summed E-state index contributed by atoms with van der Waals surface area (Å²) in [6.45, 7) is 1.00. The SMILES string of the molecule is O=C(O)[C@H](CNC(=O)N1CCC2(CC1)CC2)CC(F)(F)Cc1ccccc1. The molecule has 148 valence electrons. The second-order valence-corrected chi connectivity index (χ2v) is 7.93. The van der Waals surface area contributed by atoms with Gasteiger partial charge >= 0.3 is 12.0 Å². The molecule has 1 heterocycles. The van der Waals surface area contributed by atoms with Gasteiger partial charge in [-0.15, -0.1) is 0 Å². The number of aliphatic carboxylic acids is 1. The zero-order valence-corrected chi connectivity index (χ0v) is 15.3. The van der Waals surface area contributed by atoms with Gasteiger partial charge in [0.25, 0.3) is 5.92 Å². The fourth-order valence-electron chi connectivity index (χ4n) is 3.76. The molecule has 1 atom stereocenters. The van der Waals surface area contributed by atoms with Crippen molar-refractivity contribution < 1.29 is 23.5 Å². The van der Waals surface area contributed by atoms with Crippen LogP contribution in [0.15, 0.2) is 30.3 Å². The van der Waals surface area contributed by atoms with Gasteiger partial charge in [0.15, 0.2) is 0 Å². The summed E-state index contributed by atoms with van der Waals surface area (Å²) in [4.78, 5) is 25.3. The lowest BCUT2D eigenvalue weighted by atomic mass is 9.94. The van der Waals surface area contributed by atoms with Crippen LogP contribution in [0.3, 0.4) is 0 Å². The molecule has 2 fully saturated rings. The number of rotatable bonds is 7. The van der Waals surface area contributed by atoms with E-state index in [1.807, 2.05) is 0 Å². The first kappa shape index (κ1) is 19.6. The summed E-state index contributed by atoms with van der Waals surface area (Å²) in [5.41, 5.74) is 0.887. The Balaban J connectivity index is 1.49. The van der Waals surface area contributed by atoms with Gasteiger partial charge in [0.05, 0.1) is 5.92 Å².